The van der Waals surface area contributed by atoms with Crippen LogP contribution < -0.4 is 5.32 Å². The number of fused-ring (bicyclic) bond motifs is 2. The molecule has 5 nitrogen and oxygen atoms in total. The summed E-state index contributed by atoms with van der Waals surface area (Å²) in [6, 6.07) is 5.47. The number of benzene rings is 1. The maximum Gasteiger partial charge on any atom is 0.255 e. The van der Waals surface area contributed by atoms with Gasteiger partial charge in [0.15, 0.2) is 6.23 Å². The predicted molar refractivity (Wildman–Crippen MR) is 84.3 cm³/mol. The second-order valence-corrected chi connectivity index (χ2v) is 5.79. The standard InChI is InChI=1S/C15H16N2O3.C2H6.H2/c1-8-2-3-10-9(6-8)7-17(15(10)19)11-4-5-12-14(20-12)16-13(11)18;1-2;/h2-3,6,11-12,14H,4-5,7H2,1H3,(H,16,18);1-2H3;1H. The average molecular weight is 304 g/mol. The van der Waals surface area contributed by atoms with E-state index in [2.05, 4.69) is 5.32 Å². The lowest BCUT2D eigenvalue weighted by atomic mass is 10.1. The third-order valence-corrected chi connectivity index (χ3v) is 4.36. The molecule has 3 heterocycles. The molecule has 3 aliphatic heterocycles. The molecule has 2 saturated heterocycles. The Balaban J connectivity index is 0.000000617. The molecule has 1 N–H and O–H groups in total. The molecule has 1 aromatic carbocycles. The fraction of sp³-hybridized carbons (Fsp3) is 0.529. The number of aryl methyl sites for hydroxylation is 1. The minimum Gasteiger partial charge on any atom is -0.348 e. The molecule has 0 radical (unpaired) electrons. The van der Waals surface area contributed by atoms with E-state index in [1.807, 2.05) is 39.0 Å². The van der Waals surface area contributed by atoms with E-state index in [-0.39, 0.29) is 31.6 Å². The lowest BCUT2D eigenvalue weighted by Gasteiger charge is -2.25. The van der Waals surface area contributed by atoms with Crippen LogP contribution in [0.4, 0.5) is 0 Å². The third-order valence-electron chi connectivity index (χ3n) is 4.36. The number of hydrogen-bond donors (Lipinski definition) is 1. The summed E-state index contributed by atoms with van der Waals surface area (Å²) >= 11 is 0. The van der Waals surface area contributed by atoms with Crippen molar-refractivity contribution in [2.24, 2.45) is 0 Å². The molecule has 120 valence electrons. The van der Waals surface area contributed by atoms with Gasteiger partial charge in [-0.25, -0.2) is 0 Å². The third kappa shape index (κ3) is 2.50. The Kier molecular flexibility index (Phi) is 3.91. The highest BCUT2D eigenvalue weighted by atomic mass is 16.6. The van der Waals surface area contributed by atoms with Gasteiger partial charge in [-0.3, -0.25) is 9.59 Å². The molecule has 3 unspecified atom stereocenters. The lowest BCUT2D eigenvalue weighted by Crippen LogP contribution is -2.46. The second kappa shape index (κ2) is 5.72. The Morgan fingerprint density at radius 1 is 1.27 bits per heavy atom. The second-order valence-electron chi connectivity index (χ2n) is 5.79. The summed E-state index contributed by atoms with van der Waals surface area (Å²) in [7, 11) is 0. The zero-order valence-corrected chi connectivity index (χ0v) is 13.3. The minimum absolute atomic E-state index is 0. The van der Waals surface area contributed by atoms with E-state index in [4.69, 9.17) is 4.74 Å². The number of amides is 2. The maximum absolute atomic E-state index is 12.5. The van der Waals surface area contributed by atoms with E-state index in [0.29, 0.717) is 13.0 Å². The van der Waals surface area contributed by atoms with Gasteiger partial charge in [-0.15, -0.1) is 0 Å². The van der Waals surface area contributed by atoms with Crippen LogP contribution in [0.1, 0.15) is 49.6 Å². The normalized spacial score (nSPS) is 28.9. The smallest absolute Gasteiger partial charge is 0.255 e. The predicted octanol–water partition coefficient (Wildman–Crippen LogP) is 2.23. The van der Waals surface area contributed by atoms with Gasteiger partial charge in [0.05, 0.1) is 0 Å². The molecule has 0 aliphatic carbocycles. The van der Waals surface area contributed by atoms with E-state index in [9.17, 15) is 9.59 Å². The van der Waals surface area contributed by atoms with Crippen molar-refractivity contribution in [2.75, 3.05) is 0 Å². The number of carbonyl (C=O) groups excluding carboxylic acids is 2. The first-order valence-electron chi connectivity index (χ1n) is 8.00. The molecule has 0 bridgehead atoms. The molecular formula is C17H24N2O3. The molecule has 5 heteroatoms. The molecule has 2 fully saturated rings. The largest absolute Gasteiger partial charge is 0.348 e. The molecule has 1 aromatic rings. The Bertz CT molecular complexity index is 620. The lowest BCUT2D eigenvalue weighted by molar-refractivity contribution is -0.126. The fourth-order valence-electron chi connectivity index (χ4n) is 3.20. The zero-order chi connectivity index (χ0) is 15.9. The summed E-state index contributed by atoms with van der Waals surface area (Å²) in [5, 5.41) is 2.85. The number of nitrogens with one attached hydrogen (secondary N) is 1. The van der Waals surface area contributed by atoms with E-state index in [1.54, 1.807) is 4.90 Å². The highest BCUT2D eigenvalue weighted by Crippen LogP contribution is 2.32. The molecule has 3 aliphatic rings. The van der Waals surface area contributed by atoms with Crippen molar-refractivity contribution in [1.29, 1.82) is 0 Å². The number of nitrogens with zero attached hydrogens (tertiary/aromatic N) is 1. The fourth-order valence-corrected chi connectivity index (χ4v) is 3.20. The quantitative estimate of drug-likeness (QED) is 0.809. The van der Waals surface area contributed by atoms with Crippen LogP contribution >= 0.6 is 0 Å². The van der Waals surface area contributed by atoms with Gasteiger partial charge in [-0.2, -0.15) is 0 Å². The van der Waals surface area contributed by atoms with E-state index in [0.717, 1.165) is 23.1 Å². The number of epoxide rings is 1. The monoisotopic (exact) mass is 304 g/mol. The van der Waals surface area contributed by atoms with Crippen LogP contribution in [0, 0.1) is 6.92 Å². The number of ether oxygens (including phenoxy) is 1. The summed E-state index contributed by atoms with van der Waals surface area (Å²) < 4.78 is 5.31. The molecular weight excluding hydrogens is 280 g/mol. The molecule has 0 saturated carbocycles. The molecule has 4 rings (SSSR count). The topological polar surface area (TPSA) is 61.9 Å². The molecule has 0 aromatic heterocycles. The van der Waals surface area contributed by atoms with Crippen molar-refractivity contribution in [3.8, 4) is 0 Å². The zero-order valence-electron chi connectivity index (χ0n) is 13.3. The van der Waals surface area contributed by atoms with Gasteiger partial charge in [0.2, 0.25) is 5.91 Å². The van der Waals surface area contributed by atoms with Crippen LogP contribution in [0.15, 0.2) is 18.2 Å². The average Bonchev–Trinajstić information content (AvgIpc) is 3.19. The van der Waals surface area contributed by atoms with Gasteiger partial charge >= 0.3 is 0 Å². The number of carbonyl (C=O) groups is 2. The highest BCUT2D eigenvalue weighted by molar-refractivity contribution is 6.01. The minimum atomic E-state index is -0.369. The van der Waals surface area contributed by atoms with Crippen molar-refractivity contribution in [3.63, 3.8) is 0 Å². The van der Waals surface area contributed by atoms with Crippen molar-refractivity contribution >= 4 is 11.8 Å². The Hall–Kier alpha value is -1.88. The van der Waals surface area contributed by atoms with Crippen LogP contribution in [-0.2, 0) is 16.1 Å². The van der Waals surface area contributed by atoms with Crippen LogP contribution in [-0.4, -0.2) is 35.1 Å². The number of hydrogen-bond acceptors (Lipinski definition) is 3. The summed E-state index contributed by atoms with van der Waals surface area (Å²) in [6.45, 7) is 6.54. The van der Waals surface area contributed by atoms with Crippen molar-refractivity contribution in [2.45, 2.75) is 58.5 Å². The van der Waals surface area contributed by atoms with Crippen molar-refractivity contribution < 1.29 is 15.8 Å². The van der Waals surface area contributed by atoms with E-state index in [1.165, 1.54) is 0 Å². The maximum atomic E-state index is 12.5. The molecule has 2 amide bonds. The van der Waals surface area contributed by atoms with Crippen molar-refractivity contribution in [3.05, 3.63) is 34.9 Å². The summed E-state index contributed by atoms with van der Waals surface area (Å²) in [5.74, 6) is -0.121. The summed E-state index contributed by atoms with van der Waals surface area (Å²) in [4.78, 5) is 26.4. The highest BCUT2D eigenvalue weighted by Gasteiger charge is 2.47. The van der Waals surface area contributed by atoms with Crippen LogP contribution in [0.25, 0.3) is 0 Å². The van der Waals surface area contributed by atoms with E-state index >= 15 is 0 Å². The van der Waals surface area contributed by atoms with Gasteiger partial charge in [0.1, 0.15) is 12.1 Å². The Labute approximate surface area is 132 Å². The van der Waals surface area contributed by atoms with Crippen LogP contribution in [0.2, 0.25) is 0 Å². The first-order chi connectivity index (χ1) is 10.6. The SMILES string of the molecule is CC.Cc1ccc2c(c1)CN(C1CCC3OC3NC1=O)C2=O.[HH]. The van der Waals surface area contributed by atoms with Gasteiger partial charge < -0.3 is 15.0 Å². The first kappa shape index (κ1) is 15.0. The molecule has 22 heavy (non-hydrogen) atoms. The van der Waals surface area contributed by atoms with Crippen LogP contribution in [0.5, 0.6) is 0 Å². The summed E-state index contributed by atoms with van der Waals surface area (Å²) in [6.07, 6.45) is 1.51. The Morgan fingerprint density at radius 2 is 2.05 bits per heavy atom. The van der Waals surface area contributed by atoms with E-state index < -0.39 is 0 Å². The van der Waals surface area contributed by atoms with Gasteiger partial charge in [0.25, 0.3) is 5.91 Å². The first-order valence-corrected chi connectivity index (χ1v) is 8.00. The molecule has 0 spiro atoms. The van der Waals surface area contributed by atoms with Gasteiger partial charge in [-0.05, 0) is 31.4 Å². The Morgan fingerprint density at radius 3 is 2.82 bits per heavy atom. The van der Waals surface area contributed by atoms with Gasteiger partial charge in [-0.1, -0.05) is 31.5 Å². The molecule has 3 atom stereocenters. The van der Waals surface area contributed by atoms with Gasteiger partial charge in [0, 0.05) is 13.5 Å². The van der Waals surface area contributed by atoms with Crippen LogP contribution in [0.3, 0.4) is 0 Å². The van der Waals surface area contributed by atoms with Crippen molar-refractivity contribution in [1.82, 2.24) is 10.2 Å². The number of rotatable bonds is 1. The summed E-state index contributed by atoms with van der Waals surface area (Å²) in [5.41, 5.74) is 2.89.